The topological polar surface area (TPSA) is 43.6 Å². The van der Waals surface area contributed by atoms with Crippen LogP contribution in [0.4, 0.5) is 0 Å². The van der Waals surface area contributed by atoms with E-state index < -0.39 is 0 Å². The molecule has 1 amide bonds. The molecule has 3 aromatic rings. The van der Waals surface area contributed by atoms with Crippen LogP contribution in [0.1, 0.15) is 41.3 Å². The Kier molecular flexibility index (Phi) is 5.57. The van der Waals surface area contributed by atoms with Gasteiger partial charge in [-0.1, -0.05) is 30.7 Å². The number of benzene rings is 2. The van der Waals surface area contributed by atoms with Gasteiger partial charge in [0.15, 0.2) is 4.80 Å². The van der Waals surface area contributed by atoms with Gasteiger partial charge in [-0.2, -0.15) is 4.99 Å². The maximum Gasteiger partial charge on any atom is 0.279 e. The normalized spacial score (nSPS) is 11.9. The van der Waals surface area contributed by atoms with Gasteiger partial charge < -0.3 is 9.30 Å². The zero-order valence-corrected chi connectivity index (χ0v) is 16.5. The van der Waals surface area contributed by atoms with Gasteiger partial charge in [0.25, 0.3) is 5.91 Å². The largest absolute Gasteiger partial charge is 0.494 e. The molecule has 2 aromatic carbocycles. The van der Waals surface area contributed by atoms with E-state index in [-0.39, 0.29) is 5.91 Å². The fraction of sp³-hybridized carbons (Fsp3) is 0.333. The Hall–Kier alpha value is -2.40. The second kappa shape index (κ2) is 7.87. The molecule has 0 spiro atoms. The van der Waals surface area contributed by atoms with E-state index in [4.69, 9.17) is 4.74 Å². The van der Waals surface area contributed by atoms with Gasteiger partial charge in [0.1, 0.15) is 5.75 Å². The van der Waals surface area contributed by atoms with Gasteiger partial charge in [-0.25, -0.2) is 0 Å². The molecular weight excluding hydrogens is 344 g/mol. The SMILES string of the molecule is CCCCOc1ccc(C(=O)N=c2sc3ccc(C)c(C)c3n2C)cc1. The monoisotopic (exact) mass is 368 g/mol. The van der Waals surface area contributed by atoms with Crippen LogP contribution in [0.2, 0.25) is 0 Å². The first-order valence-corrected chi connectivity index (χ1v) is 9.70. The Bertz CT molecular complexity index is 997. The van der Waals surface area contributed by atoms with Gasteiger partial charge in [0.05, 0.1) is 16.8 Å². The zero-order chi connectivity index (χ0) is 18.7. The lowest BCUT2D eigenvalue weighted by molar-refractivity contribution is 0.0998. The van der Waals surface area contributed by atoms with Crippen LogP contribution in [0.3, 0.4) is 0 Å². The first-order valence-electron chi connectivity index (χ1n) is 8.89. The molecule has 26 heavy (non-hydrogen) atoms. The summed E-state index contributed by atoms with van der Waals surface area (Å²) in [6.07, 6.45) is 2.12. The van der Waals surface area contributed by atoms with Crippen LogP contribution in [0.5, 0.6) is 5.75 Å². The number of aromatic nitrogens is 1. The van der Waals surface area contributed by atoms with Crippen molar-refractivity contribution in [2.24, 2.45) is 12.0 Å². The highest BCUT2D eigenvalue weighted by Crippen LogP contribution is 2.23. The first kappa shape index (κ1) is 18.4. The van der Waals surface area contributed by atoms with Gasteiger partial charge in [0, 0.05) is 12.6 Å². The van der Waals surface area contributed by atoms with Crippen LogP contribution in [-0.4, -0.2) is 17.1 Å². The average molecular weight is 369 g/mol. The fourth-order valence-electron chi connectivity index (χ4n) is 2.82. The second-order valence-corrected chi connectivity index (χ2v) is 7.45. The Morgan fingerprint density at radius 3 is 2.58 bits per heavy atom. The molecule has 0 bridgehead atoms. The number of fused-ring (bicyclic) bond motifs is 1. The van der Waals surface area contributed by atoms with Crippen LogP contribution in [0.15, 0.2) is 41.4 Å². The van der Waals surface area contributed by atoms with Crippen LogP contribution in [0, 0.1) is 13.8 Å². The van der Waals surface area contributed by atoms with Crippen molar-refractivity contribution in [3.8, 4) is 5.75 Å². The third-order valence-electron chi connectivity index (χ3n) is 4.55. The van der Waals surface area contributed by atoms with Crippen LogP contribution in [-0.2, 0) is 7.05 Å². The number of rotatable bonds is 5. The molecule has 5 heteroatoms. The Morgan fingerprint density at radius 1 is 1.15 bits per heavy atom. The summed E-state index contributed by atoms with van der Waals surface area (Å²) in [5.74, 6) is 0.551. The molecule has 0 atom stereocenters. The predicted molar refractivity (Wildman–Crippen MR) is 107 cm³/mol. The van der Waals surface area contributed by atoms with Crippen molar-refractivity contribution in [2.45, 2.75) is 33.6 Å². The minimum Gasteiger partial charge on any atom is -0.494 e. The summed E-state index contributed by atoms with van der Waals surface area (Å²) >= 11 is 1.54. The summed E-state index contributed by atoms with van der Waals surface area (Å²) in [6.45, 7) is 7.03. The van der Waals surface area contributed by atoms with Crippen molar-refractivity contribution in [1.82, 2.24) is 4.57 Å². The molecular formula is C21H24N2O2S. The van der Waals surface area contributed by atoms with Gasteiger partial charge in [-0.3, -0.25) is 4.79 Å². The number of carbonyl (C=O) groups is 1. The molecule has 3 rings (SSSR count). The van der Waals surface area contributed by atoms with E-state index >= 15 is 0 Å². The van der Waals surface area contributed by atoms with Gasteiger partial charge in [0.2, 0.25) is 0 Å². The molecule has 1 aromatic heterocycles. The van der Waals surface area contributed by atoms with Crippen LogP contribution in [0.25, 0.3) is 10.2 Å². The number of nitrogens with zero attached hydrogens (tertiary/aromatic N) is 2. The van der Waals surface area contributed by atoms with Crippen molar-refractivity contribution < 1.29 is 9.53 Å². The predicted octanol–water partition coefficient (Wildman–Crippen LogP) is 4.78. The minimum atomic E-state index is -0.235. The molecule has 4 nitrogen and oxygen atoms in total. The molecule has 0 saturated heterocycles. The number of carbonyl (C=O) groups excluding carboxylic acids is 1. The zero-order valence-electron chi connectivity index (χ0n) is 15.7. The Labute approximate surface area is 157 Å². The third kappa shape index (κ3) is 3.73. The maximum atomic E-state index is 12.6. The number of hydrogen-bond donors (Lipinski definition) is 0. The van der Waals surface area contributed by atoms with Crippen molar-refractivity contribution in [2.75, 3.05) is 6.61 Å². The standard InChI is InChI=1S/C21H24N2O2S/c1-5-6-13-25-17-10-8-16(9-11-17)20(24)22-21-23(4)19-15(3)14(2)7-12-18(19)26-21/h7-12H,5-6,13H2,1-4H3. The summed E-state index contributed by atoms with van der Waals surface area (Å²) in [5, 5.41) is 0. The van der Waals surface area contributed by atoms with E-state index in [2.05, 4.69) is 37.9 Å². The molecule has 0 saturated carbocycles. The van der Waals surface area contributed by atoms with Gasteiger partial charge in [-0.15, -0.1) is 0 Å². The first-order chi connectivity index (χ1) is 12.5. The molecule has 0 radical (unpaired) electrons. The lowest BCUT2D eigenvalue weighted by atomic mass is 10.1. The van der Waals surface area contributed by atoms with E-state index in [1.165, 1.54) is 22.5 Å². The molecule has 0 aliphatic rings. The quantitative estimate of drug-likeness (QED) is 0.609. The highest BCUT2D eigenvalue weighted by atomic mass is 32.1. The lowest BCUT2D eigenvalue weighted by Crippen LogP contribution is -2.13. The summed E-state index contributed by atoms with van der Waals surface area (Å²) < 4.78 is 8.78. The molecule has 0 aliphatic carbocycles. The Morgan fingerprint density at radius 2 is 1.88 bits per heavy atom. The summed E-state index contributed by atoms with van der Waals surface area (Å²) in [7, 11) is 1.96. The molecule has 0 aliphatic heterocycles. The van der Waals surface area contributed by atoms with E-state index in [0.717, 1.165) is 28.8 Å². The highest BCUT2D eigenvalue weighted by Gasteiger charge is 2.10. The molecule has 0 fully saturated rings. The summed E-state index contributed by atoms with van der Waals surface area (Å²) in [4.78, 5) is 17.6. The molecule has 1 heterocycles. The highest BCUT2D eigenvalue weighted by molar-refractivity contribution is 7.16. The number of ether oxygens (including phenoxy) is 1. The number of hydrogen-bond acceptors (Lipinski definition) is 3. The van der Waals surface area contributed by atoms with Crippen molar-refractivity contribution >= 4 is 27.5 Å². The number of unbranched alkanes of at least 4 members (excludes halogenated alkanes) is 1. The molecule has 136 valence electrons. The molecule has 0 unspecified atom stereocenters. The number of thiazole rings is 1. The second-order valence-electron chi connectivity index (χ2n) is 6.44. The summed E-state index contributed by atoms with van der Waals surface area (Å²) in [6, 6.07) is 11.4. The smallest absolute Gasteiger partial charge is 0.279 e. The third-order valence-corrected chi connectivity index (χ3v) is 5.65. The maximum absolute atomic E-state index is 12.6. The van der Waals surface area contributed by atoms with Crippen molar-refractivity contribution in [1.29, 1.82) is 0 Å². The van der Waals surface area contributed by atoms with Crippen LogP contribution >= 0.6 is 11.3 Å². The average Bonchev–Trinajstić information content (AvgIpc) is 2.95. The number of amides is 1. The molecule has 0 N–H and O–H groups in total. The fourth-order valence-corrected chi connectivity index (χ4v) is 3.89. The van der Waals surface area contributed by atoms with Crippen molar-refractivity contribution in [3.05, 3.63) is 57.9 Å². The summed E-state index contributed by atoms with van der Waals surface area (Å²) in [5.41, 5.74) is 4.17. The van der Waals surface area contributed by atoms with E-state index in [0.29, 0.717) is 17.0 Å². The van der Waals surface area contributed by atoms with E-state index in [1.807, 2.05) is 23.7 Å². The minimum absolute atomic E-state index is 0.235. The lowest BCUT2D eigenvalue weighted by Gasteiger charge is -2.05. The van der Waals surface area contributed by atoms with Gasteiger partial charge >= 0.3 is 0 Å². The number of aryl methyl sites for hydroxylation is 3. The van der Waals surface area contributed by atoms with Crippen molar-refractivity contribution in [3.63, 3.8) is 0 Å². The van der Waals surface area contributed by atoms with E-state index in [9.17, 15) is 4.79 Å². The van der Waals surface area contributed by atoms with E-state index in [1.54, 1.807) is 12.1 Å². The van der Waals surface area contributed by atoms with Gasteiger partial charge in [-0.05, 0) is 61.7 Å². The van der Waals surface area contributed by atoms with Crippen LogP contribution < -0.4 is 9.54 Å². The Balaban J connectivity index is 1.88.